The highest BCUT2D eigenvalue weighted by molar-refractivity contribution is 5.89. The lowest BCUT2D eigenvalue weighted by Crippen LogP contribution is -2.59. The monoisotopic (exact) mass is 569 g/mol. The van der Waals surface area contributed by atoms with Crippen molar-refractivity contribution in [1.29, 1.82) is 0 Å². The van der Waals surface area contributed by atoms with Crippen molar-refractivity contribution in [2.24, 2.45) is 17.8 Å². The van der Waals surface area contributed by atoms with E-state index in [2.05, 4.69) is 22.3 Å². The minimum absolute atomic E-state index is 0.0285. The first-order valence-electron chi connectivity index (χ1n) is 15.7. The number of ether oxygens (including phenoxy) is 1. The Hall–Kier alpha value is -2.29. The minimum atomic E-state index is -0.792. The SMILES string of the molecule is CCOCC(=O)CC1C[C@H](Cc2ccccc2)N(CC(O)CN2C[C@H]3CCCC[C@H]3CC2C(=O)NC(C)(C)C)C1=O. The van der Waals surface area contributed by atoms with Crippen LogP contribution in [0.5, 0.6) is 0 Å². The number of β-amino-alcohol motifs (C(OH)–C–C–N with tert-alkyl or cyclic N) is 1. The predicted molar refractivity (Wildman–Crippen MR) is 159 cm³/mol. The van der Waals surface area contributed by atoms with Gasteiger partial charge in [-0.15, -0.1) is 0 Å². The van der Waals surface area contributed by atoms with Gasteiger partial charge >= 0.3 is 0 Å². The first-order valence-corrected chi connectivity index (χ1v) is 15.7. The maximum atomic E-state index is 13.6. The van der Waals surface area contributed by atoms with Crippen molar-refractivity contribution in [3.63, 3.8) is 0 Å². The number of nitrogens with zero attached hydrogens (tertiary/aromatic N) is 2. The number of aliphatic hydroxyl groups excluding tert-OH is 1. The van der Waals surface area contributed by atoms with Gasteiger partial charge in [0.2, 0.25) is 11.8 Å². The second-order valence-corrected chi connectivity index (χ2v) is 13.5. The van der Waals surface area contributed by atoms with Gasteiger partial charge in [0.1, 0.15) is 6.61 Å². The summed E-state index contributed by atoms with van der Waals surface area (Å²) in [7, 11) is 0. The summed E-state index contributed by atoms with van der Waals surface area (Å²) in [4.78, 5) is 43.5. The molecule has 3 unspecified atom stereocenters. The summed E-state index contributed by atoms with van der Waals surface area (Å²) in [6.07, 6.45) is 6.26. The van der Waals surface area contributed by atoms with Crippen molar-refractivity contribution >= 4 is 17.6 Å². The molecule has 228 valence electrons. The molecule has 0 bridgehead atoms. The Morgan fingerprint density at radius 1 is 1.07 bits per heavy atom. The summed E-state index contributed by atoms with van der Waals surface area (Å²) in [6, 6.07) is 9.70. The van der Waals surface area contributed by atoms with Crippen LogP contribution in [0.4, 0.5) is 0 Å². The number of hydrogen-bond acceptors (Lipinski definition) is 6. The molecule has 8 heteroatoms. The molecule has 8 nitrogen and oxygen atoms in total. The average Bonchev–Trinajstić information content (AvgIpc) is 3.19. The van der Waals surface area contributed by atoms with Crippen LogP contribution >= 0.6 is 0 Å². The molecule has 1 aromatic carbocycles. The van der Waals surface area contributed by atoms with Crippen LogP contribution in [0.15, 0.2) is 30.3 Å². The molecular weight excluding hydrogens is 518 g/mol. The van der Waals surface area contributed by atoms with Crippen LogP contribution in [0.1, 0.15) is 78.2 Å². The van der Waals surface area contributed by atoms with E-state index in [0.717, 1.165) is 18.5 Å². The number of piperidine rings is 1. The third-order valence-electron chi connectivity index (χ3n) is 9.04. The van der Waals surface area contributed by atoms with Crippen LogP contribution in [-0.2, 0) is 25.5 Å². The zero-order valence-corrected chi connectivity index (χ0v) is 25.5. The van der Waals surface area contributed by atoms with Gasteiger partial charge in [0.15, 0.2) is 5.78 Å². The summed E-state index contributed by atoms with van der Waals surface area (Å²) < 4.78 is 5.28. The summed E-state index contributed by atoms with van der Waals surface area (Å²) in [5.74, 6) is 0.609. The van der Waals surface area contributed by atoms with Crippen LogP contribution in [0.2, 0.25) is 0 Å². The van der Waals surface area contributed by atoms with Crippen molar-refractivity contribution in [3.8, 4) is 0 Å². The van der Waals surface area contributed by atoms with Crippen LogP contribution in [0.25, 0.3) is 0 Å². The highest BCUT2D eigenvalue weighted by Gasteiger charge is 2.43. The highest BCUT2D eigenvalue weighted by atomic mass is 16.5. The average molecular weight is 570 g/mol. The van der Waals surface area contributed by atoms with Gasteiger partial charge in [0, 0.05) is 50.2 Å². The van der Waals surface area contributed by atoms with Crippen LogP contribution in [0, 0.1) is 17.8 Å². The van der Waals surface area contributed by atoms with E-state index in [1.54, 1.807) is 4.90 Å². The molecule has 0 spiro atoms. The quantitative estimate of drug-likeness (QED) is 0.399. The second kappa shape index (κ2) is 14.3. The molecule has 3 aliphatic rings. The maximum absolute atomic E-state index is 13.6. The lowest BCUT2D eigenvalue weighted by atomic mass is 9.72. The van der Waals surface area contributed by atoms with Gasteiger partial charge in [-0.3, -0.25) is 19.3 Å². The van der Waals surface area contributed by atoms with E-state index in [1.165, 1.54) is 25.7 Å². The van der Waals surface area contributed by atoms with Crippen molar-refractivity contribution in [3.05, 3.63) is 35.9 Å². The number of rotatable bonds is 12. The fourth-order valence-corrected chi connectivity index (χ4v) is 7.19. The van der Waals surface area contributed by atoms with Crippen molar-refractivity contribution in [2.75, 3.05) is 32.8 Å². The fourth-order valence-electron chi connectivity index (χ4n) is 7.19. The molecule has 1 aliphatic carbocycles. The first-order chi connectivity index (χ1) is 19.5. The molecule has 41 heavy (non-hydrogen) atoms. The molecule has 2 amide bonds. The lowest BCUT2D eigenvalue weighted by Gasteiger charge is -2.46. The molecule has 4 rings (SSSR count). The molecule has 2 N–H and O–H groups in total. The maximum Gasteiger partial charge on any atom is 0.237 e. The Bertz CT molecular complexity index is 1030. The summed E-state index contributed by atoms with van der Waals surface area (Å²) >= 11 is 0. The Labute approximate surface area is 246 Å². The van der Waals surface area contributed by atoms with E-state index in [4.69, 9.17) is 4.74 Å². The number of Topliss-reactive ketones (excluding diaryl/α,β-unsaturated/α-hetero) is 1. The van der Waals surface area contributed by atoms with Gasteiger partial charge in [0.05, 0.1) is 12.1 Å². The number of fused-ring (bicyclic) bond motifs is 1. The Balaban J connectivity index is 1.46. The molecule has 3 fully saturated rings. The molecule has 0 radical (unpaired) electrons. The van der Waals surface area contributed by atoms with Crippen molar-refractivity contribution < 1.29 is 24.2 Å². The minimum Gasteiger partial charge on any atom is -0.390 e. The van der Waals surface area contributed by atoms with E-state index in [-0.39, 0.29) is 54.8 Å². The summed E-state index contributed by atoms with van der Waals surface area (Å²) in [5, 5.41) is 14.6. The largest absolute Gasteiger partial charge is 0.390 e. The number of ketones is 1. The number of likely N-dealkylation sites (tertiary alicyclic amines) is 2. The van der Waals surface area contributed by atoms with Gasteiger partial charge < -0.3 is 20.1 Å². The Kier molecular flexibility index (Phi) is 11.0. The van der Waals surface area contributed by atoms with Gasteiger partial charge in [-0.05, 0) is 70.8 Å². The zero-order chi connectivity index (χ0) is 29.6. The van der Waals surface area contributed by atoms with E-state index in [0.29, 0.717) is 37.8 Å². The predicted octanol–water partition coefficient (Wildman–Crippen LogP) is 3.60. The Morgan fingerprint density at radius 3 is 2.46 bits per heavy atom. The lowest BCUT2D eigenvalue weighted by molar-refractivity contribution is -0.137. The number of carbonyl (C=O) groups excluding carboxylic acids is 3. The molecular formula is C33H51N3O5. The Morgan fingerprint density at radius 2 is 1.78 bits per heavy atom. The third kappa shape index (κ3) is 8.85. The summed E-state index contributed by atoms with van der Waals surface area (Å²) in [5.41, 5.74) is 0.802. The van der Waals surface area contributed by atoms with Crippen LogP contribution in [0.3, 0.4) is 0 Å². The molecule has 2 heterocycles. The standard InChI is InChI=1S/C33H51N3O5/c1-5-41-22-28(37)17-26-16-27(15-23-11-7-6-8-12-23)36(32(26)40)21-29(38)20-35-19-25-14-10-9-13-24(25)18-30(35)31(39)34-33(2,3)4/h6-8,11-12,24-27,29-30,38H,5,9-10,13-22H2,1-4H3,(H,34,39)/t24-,25+,26?,27-,29?,30?/m0/s1. The third-order valence-corrected chi connectivity index (χ3v) is 9.04. The molecule has 0 aromatic heterocycles. The number of carbonyl (C=O) groups is 3. The van der Waals surface area contributed by atoms with Crippen LogP contribution < -0.4 is 5.32 Å². The molecule has 1 aromatic rings. The smallest absolute Gasteiger partial charge is 0.237 e. The fraction of sp³-hybridized carbons (Fsp3) is 0.727. The van der Waals surface area contributed by atoms with E-state index in [9.17, 15) is 19.5 Å². The van der Waals surface area contributed by atoms with Gasteiger partial charge in [-0.1, -0.05) is 49.6 Å². The molecule has 2 aliphatic heterocycles. The van der Waals surface area contributed by atoms with E-state index >= 15 is 0 Å². The second-order valence-electron chi connectivity index (χ2n) is 13.5. The number of hydrogen-bond donors (Lipinski definition) is 2. The summed E-state index contributed by atoms with van der Waals surface area (Å²) in [6.45, 7) is 9.69. The molecule has 6 atom stereocenters. The number of benzene rings is 1. The highest BCUT2D eigenvalue weighted by Crippen LogP contribution is 2.39. The van der Waals surface area contributed by atoms with Crippen molar-refractivity contribution in [1.82, 2.24) is 15.1 Å². The first kappa shape index (κ1) is 31.6. The zero-order valence-electron chi connectivity index (χ0n) is 25.5. The van der Waals surface area contributed by atoms with Gasteiger partial charge in [-0.2, -0.15) is 0 Å². The topological polar surface area (TPSA) is 99.2 Å². The number of amides is 2. The van der Waals surface area contributed by atoms with E-state index in [1.807, 2.05) is 45.9 Å². The number of nitrogens with one attached hydrogen (secondary N) is 1. The number of aliphatic hydroxyl groups is 1. The molecule has 1 saturated carbocycles. The van der Waals surface area contributed by atoms with Crippen molar-refractivity contribution in [2.45, 2.75) is 103 Å². The van der Waals surface area contributed by atoms with Gasteiger partial charge in [-0.25, -0.2) is 0 Å². The van der Waals surface area contributed by atoms with E-state index < -0.39 is 12.0 Å². The van der Waals surface area contributed by atoms with Gasteiger partial charge in [0.25, 0.3) is 0 Å². The normalized spacial score (nSPS) is 27.9. The molecule has 2 saturated heterocycles. The van der Waals surface area contributed by atoms with Crippen LogP contribution in [-0.4, -0.2) is 89.1 Å².